The second-order valence-electron chi connectivity index (χ2n) is 6.57. The van der Waals surface area contributed by atoms with Gasteiger partial charge < -0.3 is 0 Å². The fourth-order valence-corrected chi connectivity index (χ4v) is 4.13. The number of hydrogen-bond acceptors (Lipinski definition) is 4. The average molecular weight is 492 g/mol. The summed E-state index contributed by atoms with van der Waals surface area (Å²) in [5.41, 5.74) is 1.60. The van der Waals surface area contributed by atoms with Crippen LogP contribution in [-0.4, -0.2) is 37.6 Å². The number of likely N-dealkylation sites (N-methyl/N-ethyl adjacent to an activating group) is 1. The second-order valence-corrected chi connectivity index (χ2v) is 8.28. The first-order valence-corrected chi connectivity index (χ1v) is 10.6. The molecule has 4 rings (SSSR count). The highest BCUT2D eigenvalue weighted by Gasteiger charge is 2.40. The maximum atomic E-state index is 12.7. The normalized spacial score (nSPS) is 16.7. The zero-order valence-electron chi connectivity index (χ0n) is 15.4. The maximum Gasteiger partial charge on any atom is 0.254 e. The van der Waals surface area contributed by atoms with Crippen LogP contribution in [-0.2, 0) is 9.59 Å². The zero-order chi connectivity index (χ0) is 20.7. The summed E-state index contributed by atoms with van der Waals surface area (Å²) in [6.07, 6.45) is 0.0540. The summed E-state index contributed by atoms with van der Waals surface area (Å²) in [6, 6.07) is 14.1. The van der Waals surface area contributed by atoms with Crippen LogP contribution < -0.4 is 0 Å². The number of amides is 2. The molecule has 1 saturated heterocycles. The van der Waals surface area contributed by atoms with E-state index in [9.17, 15) is 9.59 Å². The van der Waals surface area contributed by atoms with Gasteiger partial charge in [-0.2, -0.15) is 5.10 Å². The summed E-state index contributed by atoms with van der Waals surface area (Å²) in [5.74, 6) is 0.0902. The molecule has 0 saturated carbocycles. The van der Waals surface area contributed by atoms with Crippen molar-refractivity contribution in [2.75, 3.05) is 6.54 Å². The Morgan fingerprint density at radius 1 is 1.14 bits per heavy atom. The van der Waals surface area contributed by atoms with Gasteiger partial charge in [-0.05, 0) is 55.5 Å². The van der Waals surface area contributed by atoms with E-state index in [1.54, 1.807) is 23.6 Å². The monoisotopic (exact) mass is 490 g/mol. The van der Waals surface area contributed by atoms with E-state index in [1.807, 2.05) is 36.4 Å². The van der Waals surface area contributed by atoms with Crippen molar-refractivity contribution in [1.29, 1.82) is 0 Å². The van der Waals surface area contributed by atoms with Gasteiger partial charge in [-0.1, -0.05) is 39.7 Å². The predicted molar refractivity (Wildman–Crippen MR) is 117 cm³/mol. The van der Waals surface area contributed by atoms with Crippen LogP contribution in [0.1, 0.15) is 19.4 Å². The number of aromatic nitrogens is 3. The minimum Gasteiger partial charge on any atom is -0.281 e. The lowest BCUT2D eigenvalue weighted by Crippen LogP contribution is -2.31. The van der Waals surface area contributed by atoms with Crippen LogP contribution in [0.2, 0.25) is 5.02 Å². The molecule has 2 heterocycles. The molecule has 148 valence electrons. The third-order valence-electron chi connectivity index (χ3n) is 4.82. The van der Waals surface area contributed by atoms with Gasteiger partial charge in [-0.15, -0.1) is 0 Å². The van der Waals surface area contributed by atoms with Crippen molar-refractivity contribution in [2.45, 2.75) is 19.4 Å². The van der Waals surface area contributed by atoms with E-state index in [2.05, 4.69) is 21.0 Å². The van der Waals surface area contributed by atoms with Gasteiger partial charge >= 0.3 is 0 Å². The molecule has 0 N–H and O–H groups in total. The summed E-state index contributed by atoms with van der Waals surface area (Å²) in [7, 11) is 0. The van der Waals surface area contributed by atoms with E-state index in [0.717, 1.165) is 15.7 Å². The summed E-state index contributed by atoms with van der Waals surface area (Å²) in [5, 5.41) is 5.28. The Morgan fingerprint density at radius 2 is 1.79 bits per heavy atom. The van der Waals surface area contributed by atoms with E-state index < -0.39 is 6.04 Å². The van der Waals surface area contributed by atoms with Crippen molar-refractivity contribution < 1.29 is 9.59 Å². The second kappa shape index (κ2) is 7.85. The number of hydrogen-bond donors (Lipinski definition) is 0. The van der Waals surface area contributed by atoms with Crippen LogP contribution in [0.25, 0.3) is 17.1 Å². The highest BCUT2D eigenvalue weighted by atomic mass is 79.9. The molecule has 0 radical (unpaired) electrons. The average Bonchev–Trinajstić information content (AvgIpc) is 3.19. The quantitative estimate of drug-likeness (QED) is 0.388. The number of imide groups is 1. The summed E-state index contributed by atoms with van der Waals surface area (Å²) in [4.78, 5) is 26.2. The molecule has 9 heteroatoms. The van der Waals surface area contributed by atoms with Gasteiger partial charge in [0.25, 0.3) is 5.91 Å². The molecule has 0 aliphatic carbocycles. The number of halogens is 2. The van der Waals surface area contributed by atoms with Crippen LogP contribution in [0, 0.1) is 4.77 Å². The van der Waals surface area contributed by atoms with Gasteiger partial charge in [-0.25, -0.2) is 4.68 Å². The van der Waals surface area contributed by atoms with Crippen molar-refractivity contribution >= 4 is 51.6 Å². The molecule has 1 fully saturated rings. The number of nitrogens with zero attached hydrogens (tertiary/aromatic N) is 4. The fourth-order valence-electron chi connectivity index (χ4n) is 3.38. The van der Waals surface area contributed by atoms with Crippen molar-refractivity contribution in [3.8, 4) is 17.1 Å². The number of carbonyl (C=O) groups is 2. The molecule has 1 aromatic heterocycles. The molecule has 1 atom stereocenters. The van der Waals surface area contributed by atoms with Crippen LogP contribution in [0.15, 0.2) is 53.0 Å². The van der Waals surface area contributed by atoms with Gasteiger partial charge in [0.1, 0.15) is 6.04 Å². The number of likely N-dealkylation sites (tertiary alicyclic amines) is 1. The molecule has 0 unspecified atom stereocenters. The van der Waals surface area contributed by atoms with Crippen molar-refractivity contribution in [1.82, 2.24) is 19.2 Å². The molecule has 2 amide bonds. The Kier molecular flexibility index (Phi) is 5.42. The SMILES string of the molecule is CCN1C(=O)C[C@H](n2nc(-c3ccc(Br)cc3)n(-c3ccc(Cl)cc3)c2=S)C1=O. The first-order valence-electron chi connectivity index (χ1n) is 8.98. The van der Waals surface area contributed by atoms with Gasteiger partial charge in [0.05, 0.1) is 12.1 Å². The molecule has 1 aliphatic heterocycles. The minimum atomic E-state index is -0.738. The predicted octanol–water partition coefficient (Wildman–Crippen LogP) is 4.81. The highest BCUT2D eigenvalue weighted by Crippen LogP contribution is 2.30. The van der Waals surface area contributed by atoms with Crippen LogP contribution in [0.3, 0.4) is 0 Å². The summed E-state index contributed by atoms with van der Waals surface area (Å²) >= 11 is 15.2. The van der Waals surface area contributed by atoms with Gasteiger partial charge in [-0.3, -0.25) is 19.1 Å². The van der Waals surface area contributed by atoms with Crippen molar-refractivity contribution in [3.63, 3.8) is 0 Å². The molecule has 0 spiro atoms. The van der Waals surface area contributed by atoms with Crippen LogP contribution in [0.5, 0.6) is 0 Å². The van der Waals surface area contributed by atoms with Crippen molar-refractivity contribution in [2.24, 2.45) is 0 Å². The molecule has 6 nitrogen and oxygen atoms in total. The summed E-state index contributed by atoms with van der Waals surface area (Å²) in [6.45, 7) is 2.11. The Bertz CT molecular complexity index is 1150. The Labute approximate surface area is 185 Å². The Morgan fingerprint density at radius 3 is 2.38 bits per heavy atom. The van der Waals surface area contributed by atoms with E-state index in [1.165, 1.54) is 9.58 Å². The van der Waals surface area contributed by atoms with Gasteiger partial charge in [0.15, 0.2) is 5.82 Å². The Balaban J connectivity index is 1.91. The minimum absolute atomic E-state index is 0.0540. The van der Waals surface area contributed by atoms with Gasteiger partial charge in [0, 0.05) is 21.6 Å². The maximum absolute atomic E-state index is 12.7. The van der Waals surface area contributed by atoms with Gasteiger partial charge in [0.2, 0.25) is 10.7 Å². The molecule has 2 aromatic carbocycles. The lowest BCUT2D eigenvalue weighted by Gasteiger charge is -2.11. The summed E-state index contributed by atoms with van der Waals surface area (Å²) < 4.78 is 4.56. The molecule has 0 bridgehead atoms. The standard InChI is InChI=1S/C20H16BrClN4O2S/c1-2-24-17(27)11-16(19(24)28)26-20(29)25(15-9-7-14(22)8-10-15)18(23-26)12-3-5-13(21)6-4-12/h3-10,16H,2,11H2,1H3/t16-/m0/s1. The van der Waals surface area contributed by atoms with Crippen LogP contribution >= 0.6 is 39.7 Å². The highest BCUT2D eigenvalue weighted by molar-refractivity contribution is 9.10. The molecule has 1 aliphatic rings. The molecular weight excluding hydrogens is 476 g/mol. The van der Waals surface area contributed by atoms with E-state index in [4.69, 9.17) is 23.8 Å². The van der Waals surface area contributed by atoms with E-state index in [0.29, 0.717) is 22.2 Å². The topological polar surface area (TPSA) is 60.1 Å². The third kappa shape index (κ3) is 3.56. The lowest BCUT2D eigenvalue weighted by atomic mass is 10.2. The first kappa shape index (κ1) is 20.0. The number of carbonyl (C=O) groups excluding carboxylic acids is 2. The smallest absolute Gasteiger partial charge is 0.254 e. The largest absolute Gasteiger partial charge is 0.281 e. The zero-order valence-corrected chi connectivity index (χ0v) is 18.5. The molecule has 29 heavy (non-hydrogen) atoms. The fraction of sp³-hybridized carbons (Fsp3) is 0.200. The van der Waals surface area contributed by atoms with E-state index in [-0.39, 0.29) is 18.2 Å². The number of benzene rings is 2. The number of rotatable bonds is 4. The lowest BCUT2D eigenvalue weighted by molar-refractivity contribution is -0.138. The van der Waals surface area contributed by atoms with Crippen LogP contribution in [0.4, 0.5) is 0 Å². The molecular formula is C20H16BrClN4O2S. The Hall–Kier alpha value is -2.29. The van der Waals surface area contributed by atoms with E-state index >= 15 is 0 Å². The van der Waals surface area contributed by atoms with Crippen molar-refractivity contribution in [3.05, 3.63) is 62.8 Å². The third-order valence-corrected chi connectivity index (χ3v) is 5.97. The first-order chi connectivity index (χ1) is 13.9. The molecule has 3 aromatic rings.